The molecule has 0 heterocycles. The number of hydrazone groups is 1. The van der Waals surface area contributed by atoms with E-state index in [9.17, 15) is 4.79 Å². The van der Waals surface area contributed by atoms with Gasteiger partial charge in [-0.3, -0.25) is 4.79 Å². The predicted molar refractivity (Wildman–Crippen MR) is 104 cm³/mol. The van der Waals surface area contributed by atoms with E-state index in [0.717, 1.165) is 29.9 Å². The third-order valence-electron chi connectivity index (χ3n) is 4.61. The quantitative estimate of drug-likeness (QED) is 0.763. The highest BCUT2D eigenvalue weighted by molar-refractivity contribution is 5.95. The summed E-state index contributed by atoms with van der Waals surface area (Å²) in [5.41, 5.74) is 5.52. The summed E-state index contributed by atoms with van der Waals surface area (Å²) in [6.45, 7) is 0.514. The summed E-state index contributed by atoms with van der Waals surface area (Å²) in [5.74, 6) is 0.575. The van der Waals surface area contributed by atoms with Crippen LogP contribution in [0.2, 0.25) is 0 Å². The molecule has 0 saturated heterocycles. The van der Waals surface area contributed by atoms with Crippen LogP contribution in [0.3, 0.4) is 0 Å². The Labute approximate surface area is 155 Å². The van der Waals surface area contributed by atoms with Gasteiger partial charge in [0.2, 0.25) is 0 Å². The molecule has 0 unspecified atom stereocenters. The van der Waals surface area contributed by atoms with Crippen LogP contribution in [0.5, 0.6) is 5.75 Å². The number of rotatable bonds is 5. The molecule has 3 rings (SSSR count). The molecule has 0 bridgehead atoms. The Morgan fingerprint density at radius 2 is 1.54 bits per heavy atom. The molecule has 0 atom stereocenters. The van der Waals surface area contributed by atoms with Crippen LogP contribution in [0.25, 0.3) is 0 Å². The summed E-state index contributed by atoms with van der Waals surface area (Å²) < 4.78 is 5.75. The second kappa shape index (κ2) is 9.76. The van der Waals surface area contributed by atoms with E-state index in [1.165, 1.54) is 32.1 Å². The Morgan fingerprint density at radius 3 is 2.23 bits per heavy atom. The summed E-state index contributed by atoms with van der Waals surface area (Å²) in [6, 6.07) is 17.2. The highest BCUT2D eigenvalue weighted by Crippen LogP contribution is 2.16. The van der Waals surface area contributed by atoms with Crippen LogP contribution in [0.15, 0.2) is 59.7 Å². The van der Waals surface area contributed by atoms with Crippen molar-refractivity contribution < 1.29 is 9.53 Å². The van der Waals surface area contributed by atoms with Gasteiger partial charge in [-0.25, -0.2) is 5.43 Å². The smallest absolute Gasteiger partial charge is 0.271 e. The van der Waals surface area contributed by atoms with Crippen LogP contribution in [0.1, 0.15) is 60.9 Å². The van der Waals surface area contributed by atoms with Crippen molar-refractivity contribution in [1.82, 2.24) is 5.43 Å². The van der Waals surface area contributed by atoms with Crippen molar-refractivity contribution in [3.63, 3.8) is 0 Å². The minimum Gasteiger partial charge on any atom is -0.489 e. The first-order valence-corrected chi connectivity index (χ1v) is 9.44. The standard InChI is InChI=1S/C22H26N2O2/c25-22(24-23-20-11-7-2-1-3-8-12-20)19-13-15-21(16-14-19)26-17-18-9-5-4-6-10-18/h4-6,9-10,13-16H,1-3,7-8,11-12,17H2,(H,24,25). The highest BCUT2D eigenvalue weighted by Gasteiger charge is 2.08. The maximum Gasteiger partial charge on any atom is 0.271 e. The molecule has 0 spiro atoms. The third kappa shape index (κ3) is 5.73. The fourth-order valence-corrected chi connectivity index (χ4v) is 3.06. The Morgan fingerprint density at radius 1 is 0.885 bits per heavy atom. The monoisotopic (exact) mass is 350 g/mol. The maximum atomic E-state index is 12.3. The Kier molecular flexibility index (Phi) is 6.82. The molecule has 2 aromatic rings. The lowest BCUT2D eigenvalue weighted by atomic mass is 9.99. The largest absolute Gasteiger partial charge is 0.489 e. The number of nitrogens with zero attached hydrogens (tertiary/aromatic N) is 1. The van der Waals surface area contributed by atoms with Gasteiger partial charge in [0, 0.05) is 11.3 Å². The molecule has 4 heteroatoms. The first-order valence-electron chi connectivity index (χ1n) is 9.44. The average molecular weight is 350 g/mol. The number of hydrogen-bond acceptors (Lipinski definition) is 3. The van der Waals surface area contributed by atoms with Crippen LogP contribution in [0, 0.1) is 0 Å². The fraction of sp³-hybridized carbons (Fsp3) is 0.364. The molecule has 2 aromatic carbocycles. The summed E-state index contributed by atoms with van der Waals surface area (Å²) >= 11 is 0. The Bertz CT molecular complexity index is 714. The Balaban J connectivity index is 1.51. The fourth-order valence-electron chi connectivity index (χ4n) is 3.06. The van der Waals surface area contributed by atoms with Gasteiger partial charge in [0.15, 0.2) is 0 Å². The van der Waals surface area contributed by atoms with Crippen molar-refractivity contribution in [3.05, 3.63) is 65.7 Å². The van der Waals surface area contributed by atoms with Crippen LogP contribution in [0.4, 0.5) is 0 Å². The van der Waals surface area contributed by atoms with Crippen molar-refractivity contribution in [2.45, 2.75) is 51.6 Å². The molecule has 1 saturated carbocycles. The number of carbonyl (C=O) groups is 1. The van der Waals surface area contributed by atoms with Crippen LogP contribution in [-0.2, 0) is 6.61 Å². The SMILES string of the molecule is O=C(NN=C1CCCCCCC1)c1ccc(OCc2ccccc2)cc1. The lowest BCUT2D eigenvalue weighted by Gasteiger charge is -2.11. The molecular formula is C22H26N2O2. The van der Waals surface area contributed by atoms with Crippen molar-refractivity contribution in [2.75, 3.05) is 0 Å². The zero-order chi connectivity index (χ0) is 18.0. The van der Waals surface area contributed by atoms with Gasteiger partial charge < -0.3 is 4.74 Å². The molecular weight excluding hydrogens is 324 g/mol. The van der Waals surface area contributed by atoms with Gasteiger partial charge >= 0.3 is 0 Å². The lowest BCUT2D eigenvalue weighted by molar-refractivity contribution is 0.0954. The maximum absolute atomic E-state index is 12.3. The van der Waals surface area contributed by atoms with Crippen LogP contribution in [-0.4, -0.2) is 11.6 Å². The molecule has 136 valence electrons. The highest BCUT2D eigenvalue weighted by atomic mass is 16.5. The van der Waals surface area contributed by atoms with E-state index < -0.39 is 0 Å². The number of nitrogens with one attached hydrogen (secondary N) is 1. The summed E-state index contributed by atoms with van der Waals surface area (Å²) in [5, 5.41) is 4.35. The zero-order valence-corrected chi connectivity index (χ0v) is 15.1. The molecule has 0 aliphatic heterocycles. The van der Waals surface area contributed by atoms with Crippen molar-refractivity contribution in [1.29, 1.82) is 0 Å². The van der Waals surface area contributed by atoms with Crippen molar-refractivity contribution >= 4 is 11.6 Å². The number of amides is 1. The molecule has 1 amide bonds. The van der Waals surface area contributed by atoms with Gasteiger partial charge in [-0.15, -0.1) is 0 Å². The molecule has 0 aromatic heterocycles. The minimum atomic E-state index is -0.172. The zero-order valence-electron chi connectivity index (χ0n) is 15.1. The second-order valence-electron chi connectivity index (χ2n) is 6.69. The van der Waals surface area contributed by atoms with Gasteiger partial charge in [0.1, 0.15) is 12.4 Å². The molecule has 1 aliphatic rings. The first kappa shape index (κ1) is 18.2. The minimum absolute atomic E-state index is 0.172. The van der Waals surface area contributed by atoms with Gasteiger partial charge in [0.25, 0.3) is 5.91 Å². The van der Waals surface area contributed by atoms with Gasteiger partial charge in [-0.1, -0.05) is 49.6 Å². The lowest BCUT2D eigenvalue weighted by Crippen LogP contribution is -2.20. The molecule has 1 fully saturated rings. The summed E-state index contributed by atoms with van der Waals surface area (Å²) in [6.07, 6.45) is 8.16. The average Bonchev–Trinajstić information content (AvgIpc) is 2.66. The molecule has 26 heavy (non-hydrogen) atoms. The van der Waals surface area contributed by atoms with E-state index in [2.05, 4.69) is 10.5 Å². The van der Waals surface area contributed by atoms with Crippen LogP contribution >= 0.6 is 0 Å². The van der Waals surface area contributed by atoms with Gasteiger partial charge in [-0.2, -0.15) is 5.10 Å². The van der Waals surface area contributed by atoms with E-state index in [0.29, 0.717) is 12.2 Å². The number of hydrogen-bond donors (Lipinski definition) is 1. The molecule has 4 nitrogen and oxygen atoms in total. The normalized spacial score (nSPS) is 14.8. The third-order valence-corrected chi connectivity index (χ3v) is 4.61. The summed E-state index contributed by atoms with van der Waals surface area (Å²) in [7, 11) is 0. The van der Waals surface area contributed by atoms with Gasteiger partial charge in [0.05, 0.1) is 0 Å². The molecule has 1 aliphatic carbocycles. The van der Waals surface area contributed by atoms with Crippen molar-refractivity contribution in [2.24, 2.45) is 5.10 Å². The van der Waals surface area contributed by atoms with Crippen LogP contribution < -0.4 is 10.2 Å². The molecule has 0 radical (unpaired) electrons. The summed E-state index contributed by atoms with van der Waals surface area (Å²) in [4.78, 5) is 12.3. The van der Waals surface area contributed by atoms with Crippen molar-refractivity contribution in [3.8, 4) is 5.75 Å². The van der Waals surface area contributed by atoms with E-state index in [-0.39, 0.29) is 5.91 Å². The number of benzene rings is 2. The molecule has 1 N–H and O–H groups in total. The second-order valence-corrected chi connectivity index (χ2v) is 6.69. The topological polar surface area (TPSA) is 50.7 Å². The van der Waals surface area contributed by atoms with Gasteiger partial charge in [-0.05, 0) is 55.5 Å². The number of carbonyl (C=O) groups excluding carboxylic acids is 1. The number of ether oxygens (including phenoxy) is 1. The van der Waals surface area contributed by atoms with E-state index in [4.69, 9.17) is 4.74 Å². The van der Waals surface area contributed by atoms with E-state index in [1.54, 1.807) is 12.1 Å². The first-order chi connectivity index (χ1) is 12.8. The van der Waals surface area contributed by atoms with E-state index in [1.807, 2.05) is 42.5 Å². The van der Waals surface area contributed by atoms with E-state index >= 15 is 0 Å². The predicted octanol–water partition coefficient (Wildman–Crippen LogP) is 5.10. The Hall–Kier alpha value is -2.62.